The lowest BCUT2D eigenvalue weighted by atomic mass is 9.81. The first kappa shape index (κ1) is 18.8. The van der Waals surface area contributed by atoms with E-state index in [2.05, 4.69) is 5.32 Å². The van der Waals surface area contributed by atoms with Gasteiger partial charge in [0.05, 0.1) is 16.7 Å². The molecule has 1 saturated carbocycles. The Hall–Kier alpha value is -2.57. The number of benzene rings is 1. The molecule has 7 heteroatoms. The first-order chi connectivity index (χ1) is 13.4. The molecule has 28 heavy (non-hydrogen) atoms. The van der Waals surface area contributed by atoms with Crippen LogP contribution in [0.15, 0.2) is 18.2 Å². The molecule has 1 aromatic rings. The molecular formula is C21H27N3O4. The molecule has 1 aromatic carbocycles. The van der Waals surface area contributed by atoms with Crippen molar-refractivity contribution in [2.45, 2.75) is 39.0 Å². The second-order valence-corrected chi connectivity index (χ2v) is 8.36. The summed E-state index contributed by atoms with van der Waals surface area (Å²) < 4.78 is 0. The molecule has 2 heterocycles. The predicted molar refractivity (Wildman–Crippen MR) is 104 cm³/mol. The largest absolute Gasteiger partial charge is 0.481 e. The fourth-order valence-electron chi connectivity index (χ4n) is 5.08. The summed E-state index contributed by atoms with van der Waals surface area (Å²) in [7, 11) is 0. The molecule has 1 aliphatic carbocycles. The van der Waals surface area contributed by atoms with Crippen molar-refractivity contribution in [3.8, 4) is 0 Å². The second kappa shape index (κ2) is 7.11. The average molecular weight is 385 g/mol. The third kappa shape index (κ3) is 3.02. The van der Waals surface area contributed by atoms with E-state index < -0.39 is 11.4 Å². The lowest BCUT2D eigenvalue weighted by Crippen LogP contribution is -2.39. The normalized spacial score (nSPS) is 26.4. The van der Waals surface area contributed by atoms with Gasteiger partial charge in [0.1, 0.15) is 0 Å². The van der Waals surface area contributed by atoms with Crippen LogP contribution in [0.5, 0.6) is 0 Å². The molecule has 3 fully saturated rings. The zero-order valence-corrected chi connectivity index (χ0v) is 16.2. The molecule has 0 unspecified atom stereocenters. The summed E-state index contributed by atoms with van der Waals surface area (Å²) in [6.07, 6.45) is 4.38. The lowest BCUT2D eigenvalue weighted by molar-refractivity contribution is -0.149. The number of aryl methyl sites for hydroxylation is 1. The number of hydrogen-bond donors (Lipinski definition) is 2. The standard InChI is InChI=1S/C21H27N3O4/c1-14-6-4-8-16(18(25)23-10-2-3-11-23)17(14)22-20(28)24-12-15-7-5-9-21(15,13-24)19(26)27/h4,6,8,15H,2-3,5,7,9-13H2,1H3,(H,22,28)(H,26,27)/t15-,21+/m0/s1. The molecule has 2 N–H and O–H groups in total. The number of carboxylic acids is 1. The predicted octanol–water partition coefficient (Wildman–Crippen LogP) is 2.95. The molecule has 7 nitrogen and oxygen atoms in total. The summed E-state index contributed by atoms with van der Waals surface area (Å²) in [6.45, 7) is 4.05. The Bertz CT molecular complexity index is 818. The monoisotopic (exact) mass is 385 g/mol. The highest BCUT2D eigenvalue weighted by atomic mass is 16.4. The molecule has 0 bridgehead atoms. The number of hydrogen-bond acceptors (Lipinski definition) is 3. The number of carboxylic acid groups (broad SMARTS) is 1. The third-order valence-corrected chi connectivity index (χ3v) is 6.71. The van der Waals surface area contributed by atoms with E-state index in [9.17, 15) is 19.5 Å². The van der Waals surface area contributed by atoms with Crippen molar-refractivity contribution >= 4 is 23.6 Å². The van der Waals surface area contributed by atoms with Crippen molar-refractivity contribution in [3.05, 3.63) is 29.3 Å². The molecule has 0 spiro atoms. The summed E-state index contributed by atoms with van der Waals surface area (Å²) in [5.41, 5.74) is 1.05. The van der Waals surface area contributed by atoms with Gasteiger partial charge >= 0.3 is 12.0 Å². The van der Waals surface area contributed by atoms with Gasteiger partial charge in [0.15, 0.2) is 0 Å². The maximum absolute atomic E-state index is 13.0. The SMILES string of the molecule is Cc1cccc(C(=O)N2CCCC2)c1NC(=O)N1C[C@@H]2CCC[C@@]2(C(=O)O)C1. The van der Waals surface area contributed by atoms with Crippen LogP contribution in [0.4, 0.5) is 10.5 Å². The highest BCUT2D eigenvalue weighted by Crippen LogP contribution is 2.49. The van der Waals surface area contributed by atoms with Crippen molar-refractivity contribution in [3.63, 3.8) is 0 Å². The maximum atomic E-state index is 13.0. The number of carbonyl (C=O) groups excluding carboxylic acids is 2. The van der Waals surface area contributed by atoms with Gasteiger partial charge in [-0.2, -0.15) is 0 Å². The molecule has 4 rings (SSSR count). The quantitative estimate of drug-likeness (QED) is 0.837. The van der Waals surface area contributed by atoms with Crippen LogP contribution in [0.2, 0.25) is 0 Å². The summed E-state index contributed by atoms with van der Waals surface area (Å²) in [6, 6.07) is 5.13. The van der Waals surface area contributed by atoms with E-state index in [-0.39, 0.29) is 24.4 Å². The van der Waals surface area contributed by atoms with Gasteiger partial charge in [-0.3, -0.25) is 9.59 Å². The number of para-hydroxylation sites is 1. The van der Waals surface area contributed by atoms with Crippen LogP contribution in [-0.4, -0.2) is 59.0 Å². The molecule has 2 saturated heterocycles. The molecule has 150 valence electrons. The van der Waals surface area contributed by atoms with Gasteiger partial charge in [-0.25, -0.2) is 4.79 Å². The number of rotatable bonds is 3. The Morgan fingerprint density at radius 1 is 1.14 bits per heavy atom. The van der Waals surface area contributed by atoms with Gasteiger partial charge in [-0.15, -0.1) is 0 Å². The molecule has 0 aromatic heterocycles. The number of aliphatic carboxylic acids is 1. The first-order valence-corrected chi connectivity index (χ1v) is 10.1. The minimum atomic E-state index is -0.808. The minimum Gasteiger partial charge on any atom is -0.481 e. The van der Waals surface area contributed by atoms with Gasteiger partial charge in [0.25, 0.3) is 5.91 Å². The zero-order chi connectivity index (χ0) is 19.9. The third-order valence-electron chi connectivity index (χ3n) is 6.71. The number of amides is 3. The highest BCUT2D eigenvalue weighted by Gasteiger charge is 2.55. The van der Waals surface area contributed by atoms with Crippen molar-refractivity contribution in [2.75, 3.05) is 31.5 Å². The van der Waals surface area contributed by atoms with Crippen LogP contribution in [0.25, 0.3) is 0 Å². The zero-order valence-electron chi connectivity index (χ0n) is 16.2. The van der Waals surface area contributed by atoms with Crippen LogP contribution >= 0.6 is 0 Å². The smallest absolute Gasteiger partial charge is 0.321 e. The molecular weight excluding hydrogens is 358 g/mol. The van der Waals surface area contributed by atoms with E-state index in [1.54, 1.807) is 11.0 Å². The number of likely N-dealkylation sites (tertiary alicyclic amines) is 2. The fraction of sp³-hybridized carbons (Fsp3) is 0.571. The number of urea groups is 1. The number of carbonyl (C=O) groups is 3. The Morgan fingerprint density at radius 3 is 2.57 bits per heavy atom. The van der Waals surface area contributed by atoms with Crippen LogP contribution in [0.1, 0.15) is 48.0 Å². The first-order valence-electron chi connectivity index (χ1n) is 10.1. The van der Waals surface area contributed by atoms with Crippen molar-refractivity contribution < 1.29 is 19.5 Å². The second-order valence-electron chi connectivity index (χ2n) is 8.36. The summed E-state index contributed by atoms with van der Waals surface area (Å²) in [5, 5.41) is 12.7. The summed E-state index contributed by atoms with van der Waals surface area (Å²) >= 11 is 0. The lowest BCUT2D eigenvalue weighted by Gasteiger charge is -2.24. The van der Waals surface area contributed by atoms with Crippen molar-refractivity contribution in [1.29, 1.82) is 0 Å². The van der Waals surface area contributed by atoms with E-state index in [1.165, 1.54) is 0 Å². The molecule has 3 aliphatic rings. The Balaban J connectivity index is 1.54. The molecule has 3 amide bonds. The van der Waals surface area contributed by atoms with E-state index in [0.29, 0.717) is 24.2 Å². The van der Waals surface area contributed by atoms with Crippen LogP contribution in [-0.2, 0) is 4.79 Å². The Kier molecular flexibility index (Phi) is 4.77. The van der Waals surface area contributed by atoms with E-state index >= 15 is 0 Å². The van der Waals surface area contributed by atoms with Crippen LogP contribution in [0, 0.1) is 18.3 Å². The number of nitrogens with one attached hydrogen (secondary N) is 1. The van der Waals surface area contributed by atoms with E-state index in [1.807, 2.05) is 24.0 Å². The minimum absolute atomic E-state index is 0.0123. The van der Waals surface area contributed by atoms with E-state index in [0.717, 1.165) is 44.3 Å². The Morgan fingerprint density at radius 2 is 1.89 bits per heavy atom. The Labute approximate surface area is 164 Å². The number of anilines is 1. The molecule has 2 aliphatic heterocycles. The topological polar surface area (TPSA) is 90.0 Å². The van der Waals surface area contributed by atoms with Gasteiger partial charge in [-0.1, -0.05) is 18.6 Å². The van der Waals surface area contributed by atoms with Crippen molar-refractivity contribution in [1.82, 2.24) is 9.80 Å². The van der Waals surface area contributed by atoms with Crippen molar-refractivity contribution in [2.24, 2.45) is 11.3 Å². The van der Waals surface area contributed by atoms with Gasteiger partial charge in [-0.05, 0) is 50.2 Å². The van der Waals surface area contributed by atoms with Gasteiger partial charge in [0.2, 0.25) is 0 Å². The summed E-state index contributed by atoms with van der Waals surface area (Å²) in [5.74, 6) is -0.846. The number of nitrogens with zero attached hydrogens (tertiary/aromatic N) is 2. The van der Waals surface area contributed by atoms with E-state index in [4.69, 9.17) is 0 Å². The van der Waals surface area contributed by atoms with Crippen LogP contribution in [0.3, 0.4) is 0 Å². The van der Waals surface area contributed by atoms with Crippen LogP contribution < -0.4 is 5.32 Å². The fourth-order valence-corrected chi connectivity index (χ4v) is 5.08. The van der Waals surface area contributed by atoms with Gasteiger partial charge in [0, 0.05) is 26.2 Å². The number of fused-ring (bicyclic) bond motifs is 1. The summed E-state index contributed by atoms with van der Waals surface area (Å²) in [4.78, 5) is 41.2. The van der Waals surface area contributed by atoms with Gasteiger partial charge < -0.3 is 20.2 Å². The maximum Gasteiger partial charge on any atom is 0.321 e. The molecule has 0 radical (unpaired) electrons. The average Bonchev–Trinajstić information content (AvgIpc) is 3.38. The molecule has 2 atom stereocenters. The highest BCUT2D eigenvalue weighted by molar-refractivity contribution is 6.04.